The summed E-state index contributed by atoms with van der Waals surface area (Å²) in [5, 5.41) is 3.84. The van der Waals surface area contributed by atoms with Crippen molar-refractivity contribution in [3.05, 3.63) is 78.5 Å². The van der Waals surface area contributed by atoms with Crippen molar-refractivity contribution in [3.8, 4) is 5.75 Å². The lowest BCUT2D eigenvalue weighted by molar-refractivity contribution is -0.120. The Bertz CT molecular complexity index is 965. The van der Waals surface area contributed by atoms with E-state index in [0.29, 0.717) is 17.0 Å². The molecule has 0 atom stereocenters. The molecule has 0 spiro atoms. The molecule has 1 aromatic heterocycles. The number of aromatic nitrogens is 1. The van der Waals surface area contributed by atoms with Crippen LogP contribution in [0.5, 0.6) is 5.75 Å². The number of nitrogens with zero attached hydrogens (tertiary/aromatic N) is 1. The molecule has 0 unspecified atom stereocenters. The number of carbonyl (C=O) groups excluding carboxylic acids is 2. The number of pyridine rings is 1. The maximum Gasteiger partial charge on any atom is 0.269 e. The van der Waals surface area contributed by atoms with E-state index >= 15 is 0 Å². The summed E-state index contributed by atoms with van der Waals surface area (Å²) < 4.78 is 5.21. The first-order valence-corrected chi connectivity index (χ1v) is 9.62. The van der Waals surface area contributed by atoms with Gasteiger partial charge in [-0.2, -0.15) is 0 Å². The van der Waals surface area contributed by atoms with Crippen molar-refractivity contribution in [1.29, 1.82) is 0 Å². The van der Waals surface area contributed by atoms with E-state index in [-0.39, 0.29) is 12.5 Å². The van der Waals surface area contributed by atoms with Crippen LogP contribution in [-0.4, -0.2) is 30.5 Å². The van der Waals surface area contributed by atoms with Gasteiger partial charge in [-0.3, -0.25) is 20.4 Å². The first-order chi connectivity index (χ1) is 14.2. The van der Waals surface area contributed by atoms with Crippen molar-refractivity contribution in [2.45, 2.75) is 9.92 Å². The van der Waals surface area contributed by atoms with Gasteiger partial charge in [0, 0.05) is 16.7 Å². The quantitative estimate of drug-likeness (QED) is 0.520. The molecule has 0 saturated heterocycles. The lowest BCUT2D eigenvalue weighted by Crippen LogP contribution is -2.44. The van der Waals surface area contributed by atoms with Crippen molar-refractivity contribution < 1.29 is 14.3 Å². The van der Waals surface area contributed by atoms with E-state index in [1.165, 1.54) is 11.8 Å². The third-order valence-corrected chi connectivity index (χ3v) is 4.80. The maximum atomic E-state index is 12.2. The van der Waals surface area contributed by atoms with Gasteiger partial charge in [-0.05, 0) is 48.5 Å². The number of nitrogens with one attached hydrogen (secondary N) is 3. The van der Waals surface area contributed by atoms with Crippen LogP contribution in [0.3, 0.4) is 0 Å². The van der Waals surface area contributed by atoms with Crippen LogP contribution in [-0.2, 0) is 4.79 Å². The normalized spacial score (nSPS) is 10.1. The Balaban J connectivity index is 1.46. The highest BCUT2D eigenvalue weighted by molar-refractivity contribution is 7.99. The molecular formula is C21H20N4O3S. The van der Waals surface area contributed by atoms with E-state index in [2.05, 4.69) is 21.2 Å². The zero-order valence-electron chi connectivity index (χ0n) is 15.7. The predicted molar refractivity (Wildman–Crippen MR) is 112 cm³/mol. The minimum absolute atomic E-state index is 0.0136. The number of hydrazine groups is 1. The zero-order chi connectivity index (χ0) is 20.5. The molecule has 0 saturated carbocycles. The van der Waals surface area contributed by atoms with Crippen LogP contribution in [0.15, 0.2) is 82.8 Å². The van der Waals surface area contributed by atoms with Gasteiger partial charge in [0.2, 0.25) is 0 Å². The Hall–Kier alpha value is -3.52. The molecule has 0 bridgehead atoms. The van der Waals surface area contributed by atoms with E-state index in [1.54, 1.807) is 37.6 Å². The van der Waals surface area contributed by atoms with Gasteiger partial charge in [0.15, 0.2) is 0 Å². The summed E-state index contributed by atoms with van der Waals surface area (Å²) >= 11 is 1.50. The zero-order valence-corrected chi connectivity index (χ0v) is 16.5. The highest BCUT2D eigenvalue weighted by Gasteiger charge is 2.09. The molecule has 29 heavy (non-hydrogen) atoms. The molecule has 2 aromatic carbocycles. The number of rotatable bonds is 7. The Morgan fingerprint density at radius 1 is 0.966 bits per heavy atom. The fourth-order valence-electron chi connectivity index (χ4n) is 2.41. The van der Waals surface area contributed by atoms with Gasteiger partial charge in [0.25, 0.3) is 11.8 Å². The summed E-state index contributed by atoms with van der Waals surface area (Å²) in [6, 6.07) is 20.0. The fraction of sp³-hybridized carbons (Fsp3) is 0.0952. The van der Waals surface area contributed by atoms with Gasteiger partial charge in [-0.1, -0.05) is 30.0 Å². The molecule has 0 fully saturated rings. The predicted octanol–water partition coefficient (Wildman–Crippen LogP) is 3.11. The van der Waals surface area contributed by atoms with Crippen molar-refractivity contribution in [3.63, 3.8) is 0 Å². The molecule has 8 heteroatoms. The van der Waals surface area contributed by atoms with E-state index in [1.807, 2.05) is 42.5 Å². The summed E-state index contributed by atoms with van der Waals surface area (Å²) in [5.41, 5.74) is 5.92. The fourth-order valence-corrected chi connectivity index (χ4v) is 3.19. The van der Waals surface area contributed by atoms with Crippen molar-refractivity contribution in [2.24, 2.45) is 0 Å². The number of carbonyl (C=O) groups is 2. The first-order valence-electron chi connectivity index (χ1n) is 8.81. The highest BCUT2D eigenvalue weighted by atomic mass is 32.2. The largest absolute Gasteiger partial charge is 0.495 e. The molecule has 0 aliphatic heterocycles. The molecule has 1 heterocycles. The standard InChI is InChI=1S/C21H20N4O3S/c1-28-18-7-3-2-6-17(18)23-14-19(26)24-25-21(27)15-9-11-16(12-10-15)29-20-8-4-5-13-22-20/h2-13,23H,14H2,1H3,(H,24,26)(H,25,27). The topological polar surface area (TPSA) is 92.4 Å². The summed E-state index contributed by atoms with van der Waals surface area (Å²) in [4.78, 5) is 29.4. The van der Waals surface area contributed by atoms with Gasteiger partial charge in [-0.25, -0.2) is 4.98 Å². The van der Waals surface area contributed by atoms with Crippen molar-refractivity contribution in [1.82, 2.24) is 15.8 Å². The second-order valence-corrected chi connectivity index (χ2v) is 6.94. The third-order valence-electron chi connectivity index (χ3n) is 3.84. The summed E-state index contributed by atoms with van der Waals surface area (Å²) in [5.74, 6) is -0.149. The van der Waals surface area contributed by atoms with Crippen molar-refractivity contribution >= 4 is 29.3 Å². The maximum absolute atomic E-state index is 12.2. The van der Waals surface area contributed by atoms with Crippen LogP contribution in [0.2, 0.25) is 0 Å². The molecule has 0 aliphatic carbocycles. The van der Waals surface area contributed by atoms with E-state index in [0.717, 1.165) is 9.92 Å². The molecule has 3 N–H and O–H groups in total. The average molecular weight is 408 g/mol. The SMILES string of the molecule is COc1ccccc1NCC(=O)NNC(=O)c1ccc(Sc2ccccn2)cc1. The molecular weight excluding hydrogens is 388 g/mol. The summed E-state index contributed by atoms with van der Waals surface area (Å²) in [6.45, 7) is -0.0136. The minimum Gasteiger partial charge on any atom is -0.495 e. The average Bonchev–Trinajstić information content (AvgIpc) is 2.77. The van der Waals surface area contributed by atoms with Gasteiger partial charge in [0.05, 0.1) is 19.3 Å². The second kappa shape index (κ2) is 10.1. The number of anilines is 1. The Kier molecular flexibility index (Phi) is 7.07. The Morgan fingerprint density at radius 3 is 2.45 bits per heavy atom. The van der Waals surface area contributed by atoms with Crippen LogP contribution in [0.1, 0.15) is 10.4 Å². The molecule has 148 valence electrons. The number of amides is 2. The molecule has 2 amide bonds. The lowest BCUT2D eigenvalue weighted by atomic mass is 10.2. The summed E-state index contributed by atoms with van der Waals surface area (Å²) in [7, 11) is 1.56. The van der Waals surface area contributed by atoms with Crippen LogP contribution in [0, 0.1) is 0 Å². The number of ether oxygens (including phenoxy) is 1. The molecule has 7 nitrogen and oxygen atoms in total. The monoisotopic (exact) mass is 408 g/mol. The Labute approximate surface area is 172 Å². The van der Waals surface area contributed by atoms with Gasteiger partial charge in [-0.15, -0.1) is 0 Å². The van der Waals surface area contributed by atoms with E-state index in [4.69, 9.17) is 4.74 Å². The number of para-hydroxylation sites is 2. The van der Waals surface area contributed by atoms with Crippen molar-refractivity contribution in [2.75, 3.05) is 19.0 Å². The molecule has 3 rings (SSSR count). The number of hydrogen-bond acceptors (Lipinski definition) is 6. The van der Waals surface area contributed by atoms with Crippen LogP contribution < -0.4 is 20.9 Å². The third kappa shape index (κ3) is 5.98. The number of benzene rings is 2. The lowest BCUT2D eigenvalue weighted by Gasteiger charge is -2.11. The van der Waals surface area contributed by atoms with E-state index in [9.17, 15) is 9.59 Å². The molecule has 0 radical (unpaired) electrons. The number of methoxy groups -OCH3 is 1. The smallest absolute Gasteiger partial charge is 0.269 e. The van der Waals surface area contributed by atoms with Crippen LogP contribution in [0.4, 0.5) is 5.69 Å². The Morgan fingerprint density at radius 2 is 1.72 bits per heavy atom. The second-order valence-electron chi connectivity index (χ2n) is 5.85. The van der Waals surface area contributed by atoms with E-state index < -0.39 is 5.91 Å². The van der Waals surface area contributed by atoms with Gasteiger partial charge >= 0.3 is 0 Å². The molecule has 3 aromatic rings. The first kappa shape index (κ1) is 20.2. The summed E-state index contributed by atoms with van der Waals surface area (Å²) in [6.07, 6.45) is 1.73. The highest BCUT2D eigenvalue weighted by Crippen LogP contribution is 2.25. The minimum atomic E-state index is -0.398. The van der Waals surface area contributed by atoms with Gasteiger partial charge in [0.1, 0.15) is 10.8 Å². The van der Waals surface area contributed by atoms with Gasteiger partial charge < -0.3 is 10.1 Å². The van der Waals surface area contributed by atoms with Crippen LogP contribution in [0.25, 0.3) is 0 Å². The number of hydrogen-bond donors (Lipinski definition) is 3. The van der Waals surface area contributed by atoms with Crippen LogP contribution >= 0.6 is 11.8 Å². The molecule has 0 aliphatic rings.